The Hall–Kier alpha value is -1.48. The zero-order valence-electron chi connectivity index (χ0n) is 15.4. The molecule has 0 saturated carbocycles. The summed E-state index contributed by atoms with van der Waals surface area (Å²) in [6, 6.07) is 0. The van der Waals surface area contributed by atoms with Crippen LogP contribution in [0.4, 0.5) is 26.3 Å². The minimum absolute atomic E-state index is 0.0156. The second kappa shape index (κ2) is 10.0. The summed E-state index contributed by atoms with van der Waals surface area (Å²) >= 11 is 0. The van der Waals surface area contributed by atoms with Gasteiger partial charge in [0.2, 0.25) is 11.8 Å². The number of amides is 2. The zero-order valence-corrected chi connectivity index (χ0v) is 15.4. The van der Waals surface area contributed by atoms with Gasteiger partial charge in [-0.15, -0.1) is 0 Å². The van der Waals surface area contributed by atoms with Crippen LogP contribution >= 0.6 is 0 Å². The predicted octanol–water partition coefficient (Wildman–Crippen LogP) is 3.86. The molecule has 26 heavy (non-hydrogen) atoms. The number of carbonyl (C=O) groups excluding carboxylic acids is 2. The molecule has 0 fully saturated rings. The maximum Gasteiger partial charge on any atom is 0.393 e. The van der Waals surface area contributed by atoms with E-state index in [1.54, 1.807) is 13.8 Å². The van der Waals surface area contributed by atoms with Crippen molar-refractivity contribution in [2.45, 2.75) is 52.9 Å². The molecule has 0 aromatic heterocycles. The standard InChI is InChI=1S/C16H26F6N2O2/c1-5-23(6-2)13(25)9-12(16(20,21)22)11(10-15(17,18)19)14(26)24(7-3)8-4/h11-12H,5-10H2,1-4H3/t11-,12+/m1/s1. The molecule has 0 N–H and O–H groups in total. The van der Waals surface area contributed by atoms with Gasteiger partial charge < -0.3 is 9.80 Å². The van der Waals surface area contributed by atoms with Crippen LogP contribution in [0.15, 0.2) is 0 Å². The molecular weight excluding hydrogens is 366 g/mol. The molecule has 0 spiro atoms. The van der Waals surface area contributed by atoms with Crippen LogP contribution in [0.5, 0.6) is 0 Å². The fourth-order valence-electron chi connectivity index (χ4n) is 2.80. The van der Waals surface area contributed by atoms with Crippen molar-refractivity contribution in [3.05, 3.63) is 0 Å². The SMILES string of the molecule is CCN(CC)C(=O)C[C@@H]([C@@H](CC(F)(F)F)C(=O)N(CC)CC)C(F)(F)F. The predicted molar refractivity (Wildman–Crippen MR) is 84.2 cm³/mol. The van der Waals surface area contributed by atoms with E-state index in [9.17, 15) is 35.9 Å². The lowest BCUT2D eigenvalue weighted by Crippen LogP contribution is -2.47. The van der Waals surface area contributed by atoms with Crippen molar-refractivity contribution < 1.29 is 35.9 Å². The summed E-state index contributed by atoms with van der Waals surface area (Å²) in [6.45, 7) is 6.28. The average molecular weight is 392 g/mol. The Morgan fingerprint density at radius 1 is 0.808 bits per heavy atom. The van der Waals surface area contributed by atoms with Gasteiger partial charge in [-0.2, -0.15) is 26.3 Å². The molecule has 0 rings (SSSR count). The lowest BCUT2D eigenvalue weighted by Gasteiger charge is -2.33. The molecule has 0 aliphatic carbocycles. The summed E-state index contributed by atoms with van der Waals surface area (Å²) in [5.74, 6) is -7.22. The molecule has 2 atom stereocenters. The summed E-state index contributed by atoms with van der Waals surface area (Å²) < 4.78 is 79.1. The molecule has 0 aliphatic heterocycles. The first-order chi connectivity index (χ1) is 11.8. The quantitative estimate of drug-likeness (QED) is 0.559. The molecule has 4 nitrogen and oxygen atoms in total. The number of carbonyl (C=O) groups is 2. The van der Waals surface area contributed by atoms with Crippen molar-refractivity contribution in [1.82, 2.24) is 9.80 Å². The van der Waals surface area contributed by atoms with Gasteiger partial charge in [0.15, 0.2) is 0 Å². The summed E-state index contributed by atoms with van der Waals surface area (Å²) in [6.07, 6.45) is -13.2. The monoisotopic (exact) mass is 392 g/mol. The van der Waals surface area contributed by atoms with Gasteiger partial charge in [0.25, 0.3) is 0 Å². The molecule has 0 heterocycles. The Morgan fingerprint density at radius 2 is 1.23 bits per heavy atom. The second-order valence-electron chi connectivity index (χ2n) is 5.85. The van der Waals surface area contributed by atoms with Gasteiger partial charge in [-0.05, 0) is 27.7 Å². The highest BCUT2D eigenvalue weighted by molar-refractivity contribution is 5.81. The Bertz CT molecular complexity index is 457. The summed E-state index contributed by atoms with van der Waals surface area (Å²) in [5.41, 5.74) is 0. The molecule has 0 radical (unpaired) electrons. The normalized spacial score (nSPS) is 14.7. The first kappa shape index (κ1) is 24.5. The smallest absolute Gasteiger partial charge is 0.343 e. The van der Waals surface area contributed by atoms with Gasteiger partial charge in [0, 0.05) is 32.6 Å². The van der Waals surface area contributed by atoms with E-state index in [1.165, 1.54) is 13.8 Å². The third-order valence-electron chi connectivity index (χ3n) is 4.26. The summed E-state index contributed by atoms with van der Waals surface area (Å²) in [5, 5.41) is 0. The van der Waals surface area contributed by atoms with Crippen LogP contribution in [-0.2, 0) is 9.59 Å². The van der Waals surface area contributed by atoms with Crippen LogP contribution in [0, 0.1) is 11.8 Å². The van der Waals surface area contributed by atoms with Crippen LogP contribution in [0.2, 0.25) is 0 Å². The van der Waals surface area contributed by atoms with Gasteiger partial charge in [0.05, 0.1) is 18.3 Å². The first-order valence-corrected chi connectivity index (χ1v) is 8.52. The van der Waals surface area contributed by atoms with Crippen molar-refractivity contribution in [3.63, 3.8) is 0 Å². The summed E-state index contributed by atoms with van der Waals surface area (Å²) in [7, 11) is 0. The number of rotatable bonds is 9. The number of hydrogen-bond donors (Lipinski definition) is 0. The molecule has 0 bridgehead atoms. The van der Waals surface area contributed by atoms with Gasteiger partial charge in [-0.1, -0.05) is 0 Å². The fourth-order valence-corrected chi connectivity index (χ4v) is 2.80. The van der Waals surface area contributed by atoms with E-state index in [2.05, 4.69) is 0 Å². The van der Waals surface area contributed by atoms with Gasteiger partial charge in [-0.25, -0.2) is 0 Å². The molecule has 0 aromatic carbocycles. The number of alkyl halides is 6. The zero-order chi connectivity index (χ0) is 20.7. The average Bonchev–Trinajstić information content (AvgIpc) is 2.50. The van der Waals surface area contributed by atoms with Crippen LogP contribution in [0.25, 0.3) is 0 Å². The van der Waals surface area contributed by atoms with Crippen molar-refractivity contribution in [2.24, 2.45) is 11.8 Å². The first-order valence-electron chi connectivity index (χ1n) is 8.52. The number of halogens is 6. The van der Waals surface area contributed by atoms with E-state index < -0.39 is 48.8 Å². The third-order valence-corrected chi connectivity index (χ3v) is 4.26. The van der Waals surface area contributed by atoms with Crippen molar-refractivity contribution in [2.75, 3.05) is 26.2 Å². The highest BCUT2D eigenvalue weighted by Gasteiger charge is 2.52. The minimum Gasteiger partial charge on any atom is -0.343 e. The lowest BCUT2D eigenvalue weighted by atomic mass is 9.84. The van der Waals surface area contributed by atoms with E-state index in [0.717, 1.165) is 9.80 Å². The molecule has 0 aromatic rings. The maximum absolute atomic E-state index is 13.5. The number of hydrogen-bond acceptors (Lipinski definition) is 2. The highest BCUT2D eigenvalue weighted by Crippen LogP contribution is 2.41. The van der Waals surface area contributed by atoms with E-state index in [4.69, 9.17) is 0 Å². The van der Waals surface area contributed by atoms with E-state index >= 15 is 0 Å². The Kier molecular flexibility index (Phi) is 9.44. The molecule has 2 amide bonds. The van der Waals surface area contributed by atoms with Gasteiger partial charge >= 0.3 is 12.4 Å². The van der Waals surface area contributed by atoms with Crippen molar-refractivity contribution >= 4 is 11.8 Å². The Morgan fingerprint density at radius 3 is 1.54 bits per heavy atom. The Balaban J connectivity index is 5.88. The fraction of sp³-hybridized carbons (Fsp3) is 0.875. The van der Waals surface area contributed by atoms with Crippen LogP contribution < -0.4 is 0 Å². The van der Waals surface area contributed by atoms with Crippen LogP contribution in [0.1, 0.15) is 40.5 Å². The van der Waals surface area contributed by atoms with Gasteiger partial charge in [0.1, 0.15) is 0 Å². The summed E-state index contributed by atoms with van der Waals surface area (Å²) in [4.78, 5) is 26.5. The highest BCUT2D eigenvalue weighted by atomic mass is 19.4. The van der Waals surface area contributed by atoms with Crippen LogP contribution in [-0.4, -0.2) is 60.1 Å². The van der Waals surface area contributed by atoms with Crippen molar-refractivity contribution in [1.29, 1.82) is 0 Å². The topological polar surface area (TPSA) is 40.6 Å². The third kappa shape index (κ3) is 7.41. The molecule has 10 heteroatoms. The van der Waals surface area contributed by atoms with E-state index in [1.807, 2.05) is 0 Å². The molecule has 0 saturated heterocycles. The minimum atomic E-state index is -5.11. The maximum atomic E-state index is 13.5. The van der Waals surface area contributed by atoms with Crippen molar-refractivity contribution in [3.8, 4) is 0 Å². The molecular formula is C16H26F6N2O2. The molecule has 154 valence electrons. The number of nitrogens with zero attached hydrogens (tertiary/aromatic N) is 2. The van der Waals surface area contributed by atoms with Crippen LogP contribution in [0.3, 0.4) is 0 Å². The van der Waals surface area contributed by atoms with E-state index in [-0.39, 0.29) is 26.2 Å². The Labute approximate surface area is 149 Å². The van der Waals surface area contributed by atoms with Gasteiger partial charge in [-0.3, -0.25) is 9.59 Å². The van der Waals surface area contributed by atoms with E-state index in [0.29, 0.717) is 0 Å². The molecule has 0 unspecified atom stereocenters. The lowest BCUT2D eigenvalue weighted by molar-refractivity contribution is -0.214. The molecule has 0 aliphatic rings. The largest absolute Gasteiger partial charge is 0.393 e. The second-order valence-corrected chi connectivity index (χ2v) is 5.85.